The lowest BCUT2D eigenvalue weighted by molar-refractivity contribution is -0.145. The first-order valence-corrected chi connectivity index (χ1v) is 12.9. The summed E-state index contributed by atoms with van der Waals surface area (Å²) in [4.78, 5) is 40.7. The zero-order chi connectivity index (χ0) is 26.4. The predicted octanol–water partition coefficient (Wildman–Crippen LogP) is 5.07. The van der Waals surface area contributed by atoms with Gasteiger partial charge in [0.15, 0.2) is 0 Å². The SMILES string of the molecule is COC(=O)[C@H](Cc1cc(Cl)ccc1Br)NC(=O)[C@@H]1Cc2ccccc2CN1C(=O)OCc1ccccc1. The van der Waals surface area contributed by atoms with Gasteiger partial charge in [0.2, 0.25) is 5.91 Å². The molecule has 4 rings (SSSR count). The zero-order valence-electron chi connectivity index (χ0n) is 20.2. The van der Waals surface area contributed by atoms with Gasteiger partial charge in [-0.15, -0.1) is 0 Å². The predicted molar refractivity (Wildman–Crippen MR) is 143 cm³/mol. The Labute approximate surface area is 228 Å². The molecule has 0 radical (unpaired) electrons. The quantitative estimate of drug-likeness (QED) is 0.392. The minimum atomic E-state index is -0.980. The molecule has 0 unspecified atom stereocenters. The summed E-state index contributed by atoms with van der Waals surface area (Å²) in [5.41, 5.74) is 3.47. The van der Waals surface area contributed by atoms with Crippen molar-refractivity contribution in [2.75, 3.05) is 7.11 Å². The number of benzene rings is 3. The normalized spacial score (nSPS) is 15.3. The van der Waals surface area contributed by atoms with E-state index in [-0.39, 0.29) is 26.0 Å². The lowest BCUT2D eigenvalue weighted by Crippen LogP contribution is -2.56. The Morgan fingerprint density at radius 1 is 1.05 bits per heavy atom. The van der Waals surface area contributed by atoms with Gasteiger partial charge in [-0.3, -0.25) is 9.69 Å². The van der Waals surface area contributed by atoms with E-state index in [1.54, 1.807) is 18.2 Å². The minimum Gasteiger partial charge on any atom is -0.467 e. The van der Waals surface area contributed by atoms with Crippen molar-refractivity contribution in [2.24, 2.45) is 0 Å². The van der Waals surface area contributed by atoms with Gasteiger partial charge in [-0.2, -0.15) is 0 Å². The van der Waals surface area contributed by atoms with Crippen LogP contribution in [0.5, 0.6) is 0 Å². The lowest BCUT2D eigenvalue weighted by atomic mass is 9.93. The number of rotatable bonds is 7. The molecular formula is C28H26BrClN2O5. The first-order chi connectivity index (χ1) is 17.9. The van der Waals surface area contributed by atoms with Crippen molar-refractivity contribution in [1.29, 1.82) is 0 Å². The van der Waals surface area contributed by atoms with Crippen molar-refractivity contribution < 1.29 is 23.9 Å². The fourth-order valence-corrected chi connectivity index (χ4v) is 4.88. The van der Waals surface area contributed by atoms with Gasteiger partial charge >= 0.3 is 12.1 Å². The van der Waals surface area contributed by atoms with Crippen LogP contribution in [-0.2, 0) is 45.1 Å². The van der Waals surface area contributed by atoms with Crippen molar-refractivity contribution in [3.63, 3.8) is 0 Å². The highest BCUT2D eigenvalue weighted by Gasteiger charge is 2.37. The molecule has 192 valence electrons. The van der Waals surface area contributed by atoms with E-state index in [0.717, 1.165) is 26.7 Å². The molecule has 1 N–H and O–H groups in total. The Morgan fingerprint density at radius 3 is 2.49 bits per heavy atom. The van der Waals surface area contributed by atoms with Gasteiger partial charge in [-0.05, 0) is 40.5 Å². The molecule has 3 aromatic carbocycles. The molecule has 7 nitrogen and oxygen atoms in total. The third kappa shape index (κ3) is 6.70. The molecule has 3 aromatic rings. The van der Waals surface area contributed by atoms with E-state index in [4.69, 9.17) is 21.1 Å². The second kappa shape index (κ2) is 12.3. The van der Waals surface area contributed by atoms with E-state index in [1.807, 2.05) is 54.6 Å². The van der Waals surface area contributed by atoms with E-state index in [0.29, 0.717) is 5.02 Å². The molecule has 1 aliphatic rings. The van der Waals surface area contributed by atoms with Gasteiger partial charge in [0, 0.05) is 22.3 Å². The van der Waals surface area contributed by atoms with Crippen LogP contribution in [0.3, 0.4) is 0 Å². The highest BCUT2D eigenvalue weighted by molar-refractivity contribution is 9.10. The van der Waals surface area contributed by atoms with Gasteiger partial charge in [-0.25, -0.2) is 9.59 Å². The Bertz CT molecular complexity index is 1290. The summed E-state index contributed by atoms with van der Waals surface area (Å²) in [6.45, 7) is 0.296. The number of methoxy groups -OCH3 is 1. The number of fused-ring (bicyclic) bond motifs is 1. The molecule has 1 heterocycles. The van der Waals surface area contributed by atoms with E-state index in [2.05, 4.69) is 21.2 Å². The number of nitrogens with zero attached hydrogens (tertiary/aromatic N) is 1. The van der Waals surface area contributed by atoms with E-state index in [9.17, 15) is 14.4 Å². The summed E-state index contributed by atoms with van der Waals surface area (Å²) < 4.78 is 11.3. The number of esters is 1. The Balaban J connectivity index is 1.55. The maximum absolute atomic E-state index is 13.6. The summed E-state index contributed by atoms with van der Waals surface area (Å²) in [6.07, 6.45) is -0.163. The summed E-state index contributed by atoms with van der Waals surface area (Å²) in [6, 6.07) is 20.3. The summed E-state index contributed by atoms with van der Waals surface area (Å²) in [7, 11) is 1.26. The fourth-order valence-electron chi connectivity index (χ4n) is 4.27. The molecule has 0 bridgehead atoms. The van der Waals surface area contributed by atoms with Crippen LogP contribution >= 0.6 is 27.5 Å². The molecule has 0 spiro atoms. The molecule has 9 heteroatoms. The molecule has 2 amide bonds. The van der Waals surface area contributed by atoms with Gasteiger partial charge in [0.05, 0.1) is 13.7 Å². The number of nitrogens with one attached hydrogen (secondary N) is 1. The second-order valence-corrected chi connectivity index (χ2v) is 9.97. The maximum atomic E-state index is 13.6. The van der Waals surface area contributed by atoms with E-state index in [1.165, 1.54) is 12.0 Å². The number of halogens is 2. The number of amides is 2. The second-order valence-electron chi connectivity index (χ2n) is 8.68. The summed E-state index contributed by atoms with van der Waals surface area (Å²) in [5, 5.41) is 3.30. The maximum Gasteiger partial charge on any atom is 0.411 e. The molecule has 0 saturated heterocycles. The van der Waals surface area contributed by atoms with Crippen LogP contribution in [0.1, 0.15) is 22.3 Å². The van der Waals surface area contributed by atoms with Gasteiger partial charge in [0.25, 0.3) is 0 Å². The standard InChI is InChI=1S/C28H26BrClN2O5/c1-36-27(34)24(14-21-13-22(30)11-12-23(21)29)31-26(33)25-15-19-9-5-6-10-20(19)16-32(25)28(35)37-17-18-7-3-2-4-8-18/h2-13,24-25H,14-17H2,1H3,(H,31,33)/t24-,25-/m0/s1. The monoisotopic (exact) mass is 584 g/mol. The van der Waals surface area contributed by atoms with Gasteiger partial charge < -0.3 is 14.8 Å². The number of carbonyl (C=O) groups excluding carboxylic acids is 3. The number of carbonyl (C=O) groups is 3. The van der Waals surface area contributed by atoms with Crippen LogP contribution in [0.25, 0.3) is 0 Å². The van der Waals surface area contributed by atoms with Crippen molar-refractivity contribution in [3.8, 4) is 0 Å². The zero-order valence-corrected chi connectivity index (χ0v) is 22.5. The van der Waals surface area contributed by atoms with Crippen LogP contribution in [0.15, 0.2) is 77.3 Å². The van der Waals surface area contributed by atoms with Crippen molar-refractivity contribution >= 4 is 45.5 Å². The first kappa shape index (κ1) is 26.7. The lowest BCUT2D eigenvalue weighted by Gasteiger charge is -2.35. The summed E-state index contributed by atoms with van der Waals surface area (Å²) >= 11 is 9.60. The molecule has 2 atom stereocenters. The largest absolute Gasteiger partial charge is 0.467 e. The molecular weight excluding hydrogens is 560 g/mol. The van der Waals surface area contributed by atoms with Crippen LogP contribution in [-0.4, -0.2) is 42.1 Å². The molecule has 37 heavy (non-hydrogen) atoms. The number of hydrogen-bond acceptors (Lipinski definition) is 5. The highest BCUT2D eigenvalue weighted by atomic mass is 79.9. The molecule has 0 saturated carbocycles. The molecule has 0 aliphatic carbocycles. The van der Waals surface area contributed by atoms with E-state index >= 15 is 0 Å². The smallest absolute Gasteiger partial charge is 0.411 e. The van der Waals surface area contributed by atoms with Gasteiger partial charge in [-0.1, -0.05) is 82.1 Å². The first-order valence-electron chi connectivity index (χ1n) is 11.7. The van der Waals surface area contributed by atoms with E-state index < -0.39 is 30.1 Å². The average Bonchev–Trinajstić information content (AvgIpc) is 2.92. The van der Waals surface area contributed by atoms with Crippen LogP contribution < -0.4 is 5.32 Å². The third-order valence-corrected chi connectivity index (χ3v) is 7.23. The van der Waals surface area contributed by atoms with Gasteiger partial charge in [0.1, 0.15) is 18.7 Å². The van der Waals surface area contributed by atoms with Crippen LogP contribution in [0.2, 0.25) is 5.02 Å². The molecule has 0 fully saturated rings. The summed E-state index contributed by atoms with van der Waals surface area (Å²) in [5.74, 6) is -1.07. The number of hydrogen-bond donors (Lipinski definition) is 1. The van der Waals surface area contributed by atoms with Crippen LogP contribution in [0.4, 0.5) is 4.79 Å². The Kier molecular flexibility index (Phi) is 8.84. The minimum absolute atomic E-state index is 0.0831. The topological polar surface area (TPSA) is 84.9 Å². The fraction of sp³-hybridized carbons (Fsp3) is 0.250. The van der Waals surface area contributed by atoms with Crippen LogP contribution in [0, 0.1) is 0 Å². The number of ether oxygens (including phenoxy) is 2. The Hall–Kier alpha value is -3.36. The third-order valence-electron chi connectivity index (χ3n) is 6.22. The van der Waals surface area contributed by atoms with Crippen molar-refractivity contribution in [2.45, 2.75) is 38.1 Å². The van der Waals surface area contributed by atoms with Crippen molar-refractivity contribution in [3.05, 3.63) is 105 Å². The highest BCUT2D eigenvalue weighted by Crippen LogP contribution is 2.26. The molecule has 1 aliphatic heterocycles. The average molecular weight is 586 g/mol. The Morgan fingerprint density at radius 2 is 1.76 bits per heavy atom. The molecule has 0 aromatic heterocycles. The van der Waals surface area contributed by atoms with Crippen molar-refractivity contribution in [1.82, 2.24) is 10.2 Å².